The van der Waals surface area contributed by atoms with Gasteiger partial charge in [0.05, 0.1) is 5.02 Å². The second-order valence-corrected chi connectivity index (χ2v) is 7.73. The van der Waals surface area contributed by atoms with E-state index in [0.717, 1.165) is 16.5 Å². The van der Waals surface area contributed by atoms with Crippen LogP contribution in [0.1, 0.15) is 41.4 Å². The minimum atomic E-state index is -0.594. The average Bonchev–Trinajstić information content (AvgIpc) is 3.03. The predicted octanol–water partition coefficient (Wildman–Crippen LogP) is 5.86. The van der Waals surface area contributed by atoms with Crippen LogP contribution in [0.25, 0.3) is 10.1 Å². The van der Waals surface area contributed by atoms with Gasteiger partial charge in [-0.05, 0) is 36.1 Å². The summed E-state index contributed by atoms with van der Waals surface area (Å²) < 4.78 is 6.03. The fourth-order valence-corrected chi connectivity index (χ4v) is 4.07. The Morgan fingerprint density at radius 3 is 2.52 bits per heavy atom. The molecule has 0 aliphatic carbocycles. The first kappa shape index (κ1) is 19.4. The van der Waals surface area contributed by atoms with Crippen molar-refractivity contribution in [3.63, 3.8) is 0 Å². The molecule has 1 aromatic heterocycles. The van der Waals surface area contributed by atoms with E-state index in [1.54, 1.807) is 0 Å². The summed E-state index contributed by atoms with van der Waals surface area (Å²) in [4.78, 5) is 24.6. The third-order valence-electron chi connectivity index (χ3n) is 4.43. The van der Waals surface area contributed by atoms with Gasteiger partial charge in [0.15, 0.2) is 6.61 Å². The van der Waals surface area contributed by atoms with Crippen molar-refractivity contribution in [1.82, 2.24) is 0 Å². The molecule has 4 nitrogen and oxygen atoms in total. The number of amides is 1. The van der Waals surface area contributed by atoms with E-state index in [1.807, 2.05) is 48.5 Å². The van der Waals surface area contributed by atoms with Crippen molar-refractivity contribution in [3.05, 3.63) is 64.0 Å². The van der Waals surface area contributed by atoms with Gasteiger partial charge in [-0.1, -0.05) is 55.8 Å². The number of rotatable bonds is 6. The first-order valence-electron chi connectivity index (χ1n) is 8.73. The Hall–Kier alpha value is -2.37. The molecule has 1 N–H and O–H groups in total. The topological polar surface area (TPSA) is 55.4 Å². The van der Waals surface area contributed by atoms with Gasteiger partial charge in [0, 0.05) is 15.8 Å². The molecule has 0 aliphatic rings. The van der Waals surface area contributed by atoms with Crippen LogP contribution < -0.4 is 5.32 Å². The van der Waals surface area contributed by atoms with Gasteiger partial charge >= 0.3 is 5.97 Å². The maximum atomic E-state index is 12.3. The number of carbonyl (C=O) groups excluding carboxylic acids is 2. The van der Waals surface area contributed by atoms with E-state index in [9.17, 15) is 9.59 Å². The molecule has 27 heavy (non-hydrogen) atoms. The van der Waals surface area contributed by atoms with E-state index in [4.69, 9.17) is 16.3 Å². The molecule has 0 bridgehead atoms. The molecule has 2 aromatic carbocycles. The predicted molar refractivity (Wildman–Crippen MR) is 111 cm³/mol. The number of carbonyl (C=O) groups is 2. The van der Waals surface area contributed by atoms with Crippen LogP contribution in [0.4, 0.5) is 5.69 Å². The molecule has 0 saturated carbocycles. The molecule has 1 atom stereocenters. The largest absolute Gasteiger partial charge is 0.451 e. The van der Waals surface area contributed by atoms with Crippen LogP contribution >= 0.6 is 22.9 Å². The van der Waals surface area contributed by atoms with Crippen LogP contribution in [0, 0.1) is 0 Å². The molecule has 0 radical (unpaired) electrons. The zero-order chi connectivity index (χ0) is 19.4. The molecule has 0 spiro atoms. The summed E-state index contributed by atoms with van der Waals surface area (Å²) in [5, 5.41) is 3.90. The monoisotopic (exact) mass is 401 g/mol. The first-order chi connectivity index (χ1) is 13.0. The van der Waals surface area contributed by atoms with Gasteiger partial charge in [-0.2, -0.15) is 0 Å². The Morgan fingerprint density at radius 2 is 1.85 bits per heavy atom. The number of benzene rings is 2. The summed E-state index contributed by atoms with van der Waals surface area (Å²) in [5.41, 5.74) is 1.89. The van der Waals surface area contributed by atoms with E-state index >= 15 is 0 Å². The van der Waals surface area contributed by atoms with Crippen molar-refractivity contribution in [2.75, 3.05) is 11.9 Å². The maximum Gasteiger partial charge on any atom is 0.350 e. The molecule has 3 rings (SSSR count). The highest BCUT2D eigenvalue weighted by Crippen LogP contribution is 2.35. The lowest BCUT2D eigenvalue weighted by Gasteiger charge is -2.10. The molecule has 6 heteroatoms. The summed E-state index contributed by atoms with van der Waals surface area (Å²) >= 11 is 7.51. The van der Waals surface area contributed by atoms with E-state index in [-0.39, 0.29) is 6.61 Å². The third kappa shape index (κ3) is 4.49. The molecule has 1 heterocycles. The molecule has 0 unspecified atom stereocenters. The van der Waals surface area contributed by atoms with Crippen LogP contribution in [0.3, 0.4) is 0 Å². The third-order valence-corrected chi connectivity index (χ3v) is 6.09. The number of hydrogen-bond acceptors (Lipinski definition) is 4. The average molecular weight is 402 g/mol. The lowest BCUT2D eigenvalue weighted by atomic mass is 9.99. The van der Waals surface area contributed by atoms with Crippen molar-refractivity contribution in [3.8, 4) is 0 Å². The summed E-state index contributed by atoms with van der Waals surface area (Å²) in [7, 11) is 0. The number of halogens is 1. The Morgan fingerprint density at radius 1 is 1.15 bits per heavy atom. The summed E-state index contributed by atoms with van der Waals surface area (Å²) in [6.45, 7) is 3.93. The highest BCUT2D eigenvalue weighted by atomic mass is 35.5. The molecule has 0 fully saturated rings. The summed E-state index contributed by atoms with van der Waals surface area (Å²) in [5.74, 6) is -0.512. The molecule has 140 valence electrons. The lowest BCUT2D eigenvalue weighted by molar-refractivity contribution is -0.119. The van der Waals surface area contributed by atoms with Gasteiger partial charge in [-0.15, -0.1) is 11.3 Å². The quantitative estimate of drug-likeness (QED) is 0.526. The number of fused-ring (bicyclic) bond motifs is 1. The second kappa shape index (κ2) is 8.55. The normalized spacial score (nSPS) is 12.0. The van der Waals surface area contributed by atoms with Crippen LogP contribution in [-0.2, 0) is 9.53 Å². The van der Waals surface area contributed by atoms with E-state index in [2.05, 4.69) is 19.2 Å². The zero-order valence-corrected chi connectivity index (χ0v) is 16.7. The molecule has 0 aliphatic heterocycles. The highest BCUT2D eigenvalue weighted by molar-refractivity contribution is 7.21. The number of anilines is 1. The SMILES string of the molecule is CC[C@@H](C)c1ccc(NC(=O)COC(=O)c2sc3ccccc3c2Cl)cc1. The fourth-order valence-electron chi connectivity index (χ4n) is 2.67. The maximum absolute atomic E-state index is 12.3. The van der Waals surface area contributed by atoms with Crippen molar-refractivity contribution < 1.29 is 14.3 Å². The minimum Gasteiger partial charge on any atom is -0.451 e. The Kier molecular flexibility index (Phi) is 6.14. The molecule has 1 amide bonds. The van der Waals surface area contributed by atoms with E-state index < -0.39 is 11.9 Å². The van der Waals surface area contributed by atoms with Crippen molar-refractivity contribution in [2.24, 2.45) is 0 Å². The number of ether oxygens (including phenoxy) is 1. The van der Waals surface area contributed by atoms with Crippen LogP contribution in [0.2, 0.25) is 5.02 Å². The van der Waals surface area contributed by atoms with Gasteiger partial charge < -0.3 is 10.1 Å². The Labute approximate surface area is 167 Å². The van der Waals surface area contributed by atoms with Gasteiger partial charge in [0.1, 0.15) is 4.88 Å². The van der Waals surface area contributed by atoms with Gasteiger partial charge in [0.2, 0.25) is 0 Å². The standard InChI is InChI=1S/C21H20ClNO3S/c1-3-13(2)14-8-10-15(11-9-14)23-18(24)12-26-21(25)20-19(22)16-6-4-5-7-17(16)27-20/h4-11,13H,3,12H2,1-2H3,(H,23,24)/t13-/m1/s1. The first-order valence-corrected chi connectivity index (χ1v) is 9.93. The molecule has 0 saturated heterocycles. The fraction of sp³-hybridized carbons (Fsp3) is 0.238. The van der Waals surface area contributed by atoms with E-state index in [0.29, 0.717) is 21.5 Å². The number of hydrogen-bond donors (Lipinski definition) is 1. The number of thiophene rings is 1. The van der Waals surface area contributed by atoms with Crippen molar-refractivity contribution >= 4 is 50.6 Å². The second-order valence-electron chi connectivity index (χ2n) is 6.30. The number of esters is 1. The lowest BCUT2D eigenvalue weighted by Crippen LogP contribution is -2.20. The van der Waals surface area contributed by atoms with Crippen LogP contribution in [-0.4, -0.2) is 18.5 Å². The number of nitrogens with one attached hydrogen (secondary N) is 1. The molecular weight excluding hydrogens is 382 g/mol. The minimum absolute atomic E-state index is 0.309. The smallest absolute Gasteiger partial charge is 0.350 e. The molecule has 3 aromatic rings. The van der Waals surface area contributed by atoms with Crippen LogP contribution in [0.15, 0.2) is 48.5 Å². The Bertz CT molecular complexity index is 965. The van der Waals surface area contributed by atoms with Crippen molar-refractivity contribution in [2.45, 2.75) is 26.2 Å². The van der Waals surface area contributed by atoms with Gasteiger partial charge in [-0.3, -0.25) is 4.79 Å². The summed E-state index contributed by atoms with van der Waals surface area (Å²) in [6.07, 6.45) is 1.06. The zero-order valence-electron chi connectivity index (χ0n) is 15.1. The van der Waals surface area contributed by atoms with E-state index in [1.165, 1.54) is 16.9 Å². The van der Waals surface area contributed by atoms with Gasteiger partial charge in [-0.25, -0.2) is 4.79 Å². The van der Waals surface area contributed by atoms with Crippen LogP contribution in [0.5, 0.6) is 0 Å². The van der Waals surface area contributed by atoms with Crippen molar-refractivity contribution in [1.29, 1.82) is 0 Å². The Balaban J connectivity index is 1.58. The van der Waals surface area contributed by atoms with Gasteiger partial charge in [0.25, 0.3) is 5.91 Å². The highest BCUT2D eigenvalue weighted by Gasteiger charge is 2.19. The summed E-state index contributed by atoms with van der Waals surface area (Å²) in [6, 6.07) is 15.2. The molecular formula is C21H20ClNO3S.